The van der Waals surface area contributed by atoms with Gasteiger partial charge in [-0.1, -0.05) is 23.9 Å². The average Bonchev–Trinajstić information content (AvgIpc) is 3.01. The van der Waals surface area contributed by atoms with Gasteiger partial charge in [0.1, 0.15) is 29.2 Å². The molecule has 0 saturated carbocycles. The van der Waals surface area contributed by atoms with Crippen molar-refractivity contribution >= 4 is 6.08 Å². The molecular weight excluding hydrogens is 763 g/mol. The summed E-state index contributed by atoms with van der Waals surface area (Å²) in [4.78, 5) is 16.7. The molecule has 0 fully saturated rings. The van der Waals surface area contributed by atoms with Gasteiger partial charge in [-0.25, -0.2) is 8.78 Å². The van der Waals surface area contributed by atoms with Gasteiger partial charge in [0.25, 0.3) is 0 Å². The van der Waals surface area contributed by atoms with Crippen molar-refractivity contribution in [1.82, 2.24) is 9.97 Å². The Labute approximate surface area is 253 Å². The van der Waals surface area contributed by atoms with E-state index in [0.717, 1.165) is 5.69 Å². The van der Waals surface area contributed by atoms with Crippen LogP contribution in [0.5, 0.6) is 11.5 Å². The van der Waals surface area contributed by atoms with E-state index in [9.17, 15) is 13.9 Å². The Morgan fingerprint density at radius 2 is 1.30 bits per heavy atom. The van der Waals surface area contributed by atoms with Crippen LogP contribution in [0.3, 0.4) is 0 Å². The van der Waals surface area contributed by atoms with Gasteiger partial charge in [0.15, 0.2) is 0 Å². The van der Waals surface area contributed by atoms with Gasteiger partial charge < -0.3 is 19.7 Å². The van der Waals surface area contributed by atoms with Gasteiger partial charge >= 0.3 is 29.0 Å². The molecule has 4 rings (SSSR count). The molecule has 0 radical (unpaired) electrons. The van der Waals surface area contributed by atoms with Crippen LogP contribution >= 0.6 is 0 Å². The molecule has 2 heterocycles. The number of nitrogens with zero attached hydrogens (tertiary/aromatic N) is 3. The molecule has 0 aliphatic heterocycles. The average molecular weight is 792 g/mol. The number of aromatic nitrogens is 2. The summed E-state index contributed by atoms with van der Waals surface area (Å²) in [7, 11) is 4.26. The van der Waals surface area contributed by atoms with E-state index in [-0.39, 0.29) is 11.6 Å². The van der Waals surface area contributed by atoms with E-state index in [2.05, 4.69) is 21.7 Å². The van der Waals surface area contributed by atoms with E-state index in [1.807, 2.05) is 6.07 Å². The number of hydrogen-bond donors (Lipinski definition) is 2. The van der Waals surface area contributed by atoms with Crippen LogP contribution in [0.25, 0.3) is 28.3 Å². The van der Waals surface area contributed by atoms with Crippen molar-refractivity contribution in [3.05, 3.63) is 108 Å². The van der Waals surface area contributed by atoms with Gasteiger partial charge in [-0.2, -0.15) is 4.91 Å². The first-order valence-electron chi connectivity index (χ1n) is 12.1. The van der Waals surface area contributed by atoms with Crippen LogP contribution in [-0.2, 0) is 29.0 Å². The van der Waals surface area contributed by atoms with Crippen molar-refractivity contribution in [3.8, 4) is 33.8 Å². The summed E-state index contributed by atoms with van der Waals surface area (Å²) in [6.45, 7) is 3.22. The molecule has 4 aromatic rings. The minimum absolute atomic E-state index is 0.293. The molecular formula is C29H29F2N3O9Os. The summed E-state index contributed by atoms with van der Waals surface area (Å²) in [6.07, 6.45) is 3.69. The number of rotatable bonds is 7. The summed E-state index contributed by atoms with van der Waals surface area (Å²) < 4.78 is 72.1. The van der Waals surface area contributed by atoms with Crippen LogP contribution in [0, 0.1) is 16.5 Å². The summed E-state index contributed by atoms with van der Waals surface area (Å²) >= 11 is -6.06. The van der Waals surface area contributed by atoms with Gasteiger partial charge in [-0.3, -0.25) is 9.97 Å². The van der Waals surface area contributed by atoms with Crippen LogP contribution in [-0.4, -0.2) is 48.1 Å². The second-order valence-electron chi connectivity index (χ2n) is 8.07. The van der Waals surface area contributed by atoms with E-state index in [4.69, 9.17) is 33.6 Å². The molecule has 0 aliphatic carbocycles. The Hall–Kier alpha value is -4.70. The number of nitroso groups, excluding NO2 is 1. The van der Waals surface area contributed by atoms with E-state index in [1.165, 1.54) is 38.6 Å². The maximum absolute atomic E-state index is 13.7. The topological polar surface area (TPSA) is 182 Å². The van der Waals surface area contributed by atoms with Gasteiger partial charge in [-0.05, 0) is 54.6 Å². The second-order valence-corrected chi connectivity index (χ2v) is 10.6. The zero-order valence-corrected chi connectivity index (χ0v) is 26.2. The number of methoxy groups -OCH3 is 2. The molecule has 15 heteroatoms. The van der Waals surface area contributed by atoms with Crippen LogP contribution < -0.4 is 9.47 Å². The number of ether oxygens (including phenoxy) is 2. The molecule has 0 saturated heterocycles. The standard InChI is InChI=1S/C14H14FNO3.C14H12FNO.CH3NO.4O.Os/c1-19-10-3-4-12(15)11(6-10)9-2-5-13(16-7-9)14(18)8-17;1-3-11-5-4-10(9-16-11)13-8-12(17-2)6-7-14(13)15;1-2-3;;;;;/h2-7,14,17-18H,8H2,1H3;3-9H,1H2,2H3;1H3;;;;;. The summed E-state index contributed by atoms with van der Waals surface area (Å²) in [6, 6.07) is 15.9. The van der Waals surface area contributed by atoms with Crippen molar-refractivity contribution in [2.24, 2.45) is 5.18 Å². The third-order valence-corrected chi connectivity index (χ3v) is 5.27. The van der Waals surface area contributed by atoms with E-state index >= 15 is 0 Å². The molecule has 2 aromatic carbocycles. The number of hydrogen-bond acceptors (Lipinski definition) is 12. The summed E-state index contributed by atoms with van der Waals surface area (Å²) in [5.41, 5.74) is 3.24. The number of halogens is 2. The molecule has 2 N–H and O–H groups in total. The van der Waals surface area contributed by atoms with Crippen molar-refractivity contribution in [1.29, 1.82) is 0 Å². The normalized spacial score (nSPS) is 10.7. The second kappa shape index (κ2) is 18.8. The number of aliphatic hydroxyl groups is 2. The monoisotopic (exact) mass is 793 g/mol. The zero-order chi connectivity index (χ0) is 33.3. The zero-order valence-electron chi connectivity index (χ0n) is 23.7. The molecule has 0 aliphatic rings. The molecule has 2 aromatic heterocycles. The summed E-state index contributed by atoms with van der Waals surface area (Å²) in [5.74, 6) is 0.502. The van der Waals surface area contributed by atoms with Crippen LogP contribution in [0.1, 0.15) is 17.5 Å². The number of pyridine rings is 2. The Morgan fingerprint density at radius 3 is 1.61 bits per heavy atom. The quantitative estimate of drug-likeness (QED) is 0.230. The Balaban J connectivity index is 0.000000356. The molecule has 44 heavy (non-hydrogen) atoms. The van der Waals surface area contributed by atoms with Crippen molar-refractivity contribution in [3.63, 3.8) is 0 Å². The Morgan fingerprint density at radius 1 is 0.864 bits per heavy atom. The molecule has 0 bridgehead atoms. The minimum atomic E-state index is -6.06. The van der Waals surface area contributed by atoms with E-state index < -0.39 is 27.6 Å². The fourth-order valence-electron chi connectivity index (χ4n) is 3.25. The molecule has 0 amide bonds. The summed E-state index contributed by atoms with van der Waals surface area (Å²) in [5, 5.41) is 20.5. The molecule has 236 valence electrons. The van der Waals surface area contributed by atoms with Crippen LogP contribution in [0.15, 0.2) is 84.8 Å². The van der Waals surface area contributed by atoms with E-state index in [1.54, 1.807) is 55.8 Å². The Kier molecular flexibility index (Phi) is 15.9. The SMILES string of the molecule is C=Cc1ccc(-c2cc(OC)ccc2F)cn1.CN=O.COc1ccc(F)c(-c2ccc(C(O)CO)nc2)c1.[O]=[Os](=[O])(=[O])=[O]. The Bertz CT molecular complexity index is 1720. The first kappa shape index (κ1) is 37.3. The van der Waals surface area contributed by atoms with Crippen molar-refractivity contribution in [2.45, 2.75) is 6.10 Å². The fraction of sp³-hybridized carbons (Fsp3) is 0.172. The van der Waals surface area contributed by atoms with Gasteiger partial charge in [0.05, 0.1) is 39.3 Å². The molecule has 1 unspecified atom stereocenters. The van der Waals surface area contributed by atoms with E-state index in [0.29, 0.717) is 39.4 Å². The van der Waals surface area contributed by atoms with Crippen LogP contribution in [0.4, 0.5) is 8.78 Å². The first-order valence-corrected chi connectivity index (χ1v) is 16.3. The number of aliphatic hydroxyl groups excluding tert-OH is 2. The molecule has 12 nitrogen and oxygen atoms in total. The third kappa shape index (κ3) is 13.1. The first-order chi connectivity index (χ1) is 20.8. The van der Waals surface area contributed by atoms with Gasteiger partial charge in [0, 0.05) is 34.6 Å². The fourth-order valence-corrected chi connectivity index (χ4v) is 3.25. The molecule has 1 atom stereocenters. The maximum atomic E-state index is 13.7. The van der Waals surface area contributed by atoms with Crippen molar-refractivity contribution in [2.75, 3.05) is 27.9 Å². The predicted octanol–water partition coefficient (Wildman–Crippen LogP) is 5.37. The predicted molar refractivity (Wildman–Crippen MR) is 149 cm³/mol. The molecule has 0 spiro atoms. The third-order valence-electron chi connectivity index (χ3n) is 5.27. The van der Waals surface area contributed by atoms with Gasteiger partial charge in [-0.15, -0.1) is 0 Å². The van der Waals surface area contributed by atoms with Crippen LogP contribution in [0.2, 0.25) is 0 Å². The van der Waals surface area contributed by atoms with Gasteiger partial charge in [0.2, 0.25) is 0 Å². The van der Waals surface area contributed by atoms with Crippen molar-refractivity contribution < 1.29 is 57.5 Å². The number of benzene rings is 2.